The summed E-state index contributed by atoms with van der Waals surface area (Å²) in [7, 11) is 0. The summed E-state index contributed by atoms with van der Waals surface area (Å²) in [4.78, 5) is 12.1. The molecule has 2 rings (SSSR count). The third kappa shape index (κ3) is 3.18. The van der Waals surface area contributed by atoms with Gasteiger partial charge >= 0.3 is 0 Å². The van der Waals surface area contributed by atoms with Crippen molar-refractivity contribution in [1.29, 1.82) is 0 Å². The van der Waals surface area contributed by atoms with Crippen molar-refractivity contribution >= 4 is 23.2 Å². The van der Waals surface area contributed by atoms with Gasteiger partial charge in [-0.1, -0.05) is 12.1 Å². The lowest BCUT2D eigenvalue weighted by Crippen LogP contribution is -2.12. The molecule has 0 aliphatic carbocycles. The summed E-state index contributed by atoms with van der Waals surface area (Å²) in [6.45, 7) is 5.73. The molecule has 1 aromatic carbocycles. The Balaban J connectivity index is 2.18. The Bertz CT molecular complexity index is 602. The minimum atomic E-state index is -0.266. The van der Waals surface area contributed by atoms with Crippen LogP contribution in [0.15, 0.2) is 34.7 Å². The average Bonchev–Trinajstić information content (AvgIpc) is 2.83. The predicted octanol–water partition coefficient (Wildman–Crippen LogP) is 4.45. The number of nitrogens with one attached hydrogen (secondary N) is 1. The van der Waals surface area contributed by atoms with Crippen molar-refractivity contribution in [3.8, 4) is 0 Å². The number of furan rings is 1. The van der Waals surface area contributed by atoms with E-state index in [0.29, 0.717) is 5.76 Å². The Morgan fingerprint density at radius 1 is 1.26 bits per heavy atom. The number of carbonyl (C=O) groups is 1. The average molecular weight is 278 g/mol. The highest BCUT2D eigenvalue weighted by atomic mass is 35.5. The smallest absolute Gasteiger partial charge is 0.291 e. The summed E-state index contributed by atoms with van der Waals surface area (Å²) in [6, 6.07) is 9.26. The number of amides is 1. The number of anilines is 1. The minimum Gasteiger partial charge on any atom is -0.454 e. The van der Waals surface area contributed by atoms with Crippen LogP contribution in [0.3, 0.4) is 0 Å². The maximum atomic E-state index is 12.1. The van der Waals surface area contributed by atoms with Crippen LogP contribution in [0, 0.1) is 13.8 Å². The zero-order valence-corrected chi connectivity index (χ0v) is 11.9. The lowest BCUT2D eigenvalue weighted by atomic mass is 10.1. The quantitative estimate of drug-likeness (QED) is 0.842. The van der Waals surface area contributed by atoms with E-state index in [0.717, 1.165) is 16.8 Å². The molecule has 0 saturated heterocycles. The van der Waals surface area contributed by atoms with E-state index in [1.165, 1.54) is 0 Å². The summed E-state index contributed by atoms with van der Waals surface area (Å²) in [5, 5.41) is 2.60. The predicted molar refractivity (Wildman–Crippen MR) is 76.8 cm³/mol. The van der Waals surface area contributed by atoms with Crippen molar-refractivity contribution in [1.82, 2.24) is 0 Å². The third-order valence-electron chi connectivity index (χ3n) is 2.88. The Hall–Kier alpha value is -1.74. The summed E-state index contributed by atoms with van der Waals surface area (Å²) in [5.74, 6) is 0.591. The van der Waals surface area contributed by atoms with Gasteiger partial charge in [0.2, 0.25) is 0 Å². The van der Waals surface area contributed by atoms with E-state index in [2.05, 4.69) is 5.32 Å². The van der Waals surface area contributed by atoms with Gasteiger partial charge in [0, 0.05) is 5.69 Å². The molecule has 19 heavy (non-hydrogen) atoms. The molecule has 1 heterocycles. The van der Waals surface area contributed by atoms with Crippen molar-refractivity contribution in [2.75, 3.05) is 5.32 Å². The van der Waals surface area contributed by atoms with Gasteiger partial charge in [-0.15, -0.1) is 11.6 Å². The summed E-state index contributed by atoms with van der Waals surface area (Å²) >= 11 is 5.90. The standard InChI is InChI=1S/C15H16ClNO2/c1-9-4-5-10(2)12(8-9)17-15(18)14-7-6-13(19-14)11(3)16/h4-8,11H,1-3H3,(H,17,18). The highest BCUT2D eigenvalue weighted by Crippen LogP contribution is 2.23. The Morgan fingerprint density at radius 2 is 2.00 bits per heavy atom. The van der Waals surface area contributed by atoms with Gasteiger partial charge in [0.05, 0.1) is 5.38 Å². The van der Waals surface area contributed by atoms with Crippen molar-refractivity contribution in [2.45, 2.75) is 26.1 Å². The number of hydrogen-bond acceptors (Lipinski definition) is 2. The Labute approximate surface area is 117 Å². The van der Waals surface area contributed by atoms with Crippen molar-refractivity contribution < 1.29 is 9.21 Å². The molecule has 0 fully saturated rings. The number of alkyl halides is 1. The maximum Gasteiger partial charge on any atom is 0.291 e. The number of benzene rings is 1. The van der Waals surface area contributed by atoms with Crippen LogP contribution >= 0.6 is 11.6 Å². The topological polar surface area (TPSA) is 42.2 Å². The summed E-state index contributed by atoms with van der Waals surface area (Å²) < 4.78 is 5.41. The molecule has 1 aromatic heterocycles. The van der Waals surface area contributed by atoms with Gasteiger partial charge in [0.1, 0.15) is 5.76 Å². The van der Waals surface area contributed by atoms with Gasteiger partial charge in [-0.2, -0.15) is 0 Å². The van der Waals surface area contributed by atoms with Crippen molar-refractivity contribution in [3.05, 3.63) is 53.0 Å². The van der Waals surface area contributed by atoms with E-state index in [-0.39, 0.29) is 17.0 Å². The number of carbonyl (C=O) groups excluding carboxylic acids is 1. The van der Waals surface area contributed by atoms with Gasteiger partial charge < -0.3 is 9.73 Å². The molecule has 0 bridgehead atoms. The first-order chi connectivity index (χ1) is 8.97. The van der Waals surface area contributed by atoms with E-state index in [1.807, 2.05) is 32.0 Å². The second-order valence-electron chi connectivity index (χ2n) is 4.59. The van der Waals surface area contributed by atoms with Crippen LogP contribution in [0.4, 0.5) is 5.69 Å². The van der Waals surface area contributed by atoms with Crippen LogP contribution in [0.25, 0.3) is 0 Å². The molecule has 0 radical (unpaired) electrons. The lowest BCUT2D eigenvalue weighted by Gasteiger charge is -2.08. The van der Waals surface area contributed by atoms with E-state index < -0.39 is 0 Å². The fraction of sp³-hybridized carbons (Fsp3) is 0.267. The van der Waals surface area contributed by atoms with Crippen LogP contribution in [0.2, 0.25) is 0 Å². The highest BCUT2D eigenvalue weighted by molar-refractivity contribution is 6.20. The van der Waals surface area contributed by atoms with Crippen molar-refractivity contribution in [2.24, 2.45) is 0 Å². The van der Waals surface area contributed by atoms with E-state index >= 15 is 0 Å². The SMILES string of the molecule is Cc1ccc(C)c(NC(=O)c2ccc(C(C)Cl)o2)c1. The molecule has 3 nitrogen and oxygen atoms in total. The molecule has 2 aromatic rings. The fourth-order valence-corrected chi connectivity index (χ4v) is 1.86. The first kappa shape index (κ1) is 13.7. The monoisotopic (exact) mass is 277 g/mol. The van der Waals surface area contributed by atoms with E-state index in [9.17, 15) is 4.79 Å². The highest BCUT2D eigenvalue weighted by Gasteiger charge is 2.14. The number of hydrogen-bond donors (Lipinski definition) is 1. The van der Waals surface area contributed by atoms with Gasteiger partial charge in [0.25, 0.3) is 5.91 Å². The molecule has 1 unspecified atom stereocenters. The first-order valence-corrected chi connectivity index (χ1v) is 6.53. The van der Waals surface area contributed by atoms with Crippen LogP contribution in [-0.4, -0.2) is 5.91 Å². The molecule has 0 spiro atoms. The first-order valence-electron chi connectivity index (χ1n) is 6.10. The third-order valence-corrected chi connectivity index (χ3v) is 3.10. The van der Waals surface area contributed by atoms with Crippen LogP contribution in [0.5, 0.6) is 0 Å². The largest absolute Gasteiger partial charge is 0.454 e. The van der Waals surface area contributed by atoms with Crippen LogP contribution < -0.4 is 5.32 Å². The molecule has 0 aliphatic heterocycles. The summed E-state index contributed by atoms with van der Waals surface area (Å²) in [5.41, 5.74) is 2.90. The molecular weight excluding hydrogens is 262 g/mol. The van der Waals surface area contributed by atoms with Gasteiger partial charge in [0.15, 0.2) is 5.76 Å². The van der Waals surface area contributed by atoms with Crippen molar-refractivity contribution in [3.63, 3.8) is 0 Å². The number of aryl methyl sites for hydroxylation is 2. The molecule has 1 atom stereocenters. The maximum absolute atomic E-state index is 12.1. The second kappa shape index (κ2) is 5.49. The number of halogens is 1. The molecular formula is C15H16ClNO2. The molecule has 4 heteroatoms. The van der Waals surface area contributed by atoms with Gasteiger partial charge in [-0.3, -0.25) is 4.79 Å². The lowest BCUT2D eigenvalue weighted by molar-refractivity contribution is 0.0995. The Kier molecular flexibility index (Phi) is 3.96. The fourth-order valence-electron chi connectivity index (χ4n) is 1.74. The molecule has 1 N–H and O–H groups in total. The molecule has 0 saturated carbocycles. The second-order valence-corrected chi connectivity index (χ2v) is 5.25. The molecule has 1 amide bonds. The molecule has 100 valence electrons. The number of rotatable bonds is 3. The Morgan fingerprint density at radius 3 is 2.63 bits per heavy atom. The summed E-state index contributed by atoms with van der Waals surface area (Å²) in [6.07, 6.45) is 0. The minimum absolute atomic E-state index is 0.248. The zero-order valence-electron chi connectivity index (χ0n) is 11.2. The van der Waals surface area contributed by atoms with Crippen LogP contribution in [0.1, 0.15) is 39.7 Å². The van der Waals surface area contributed by atoms with E-state index in [4.69, 9.17) is 16.0 Å². The zero-order chi connectivity index (χ0) is 14.0. The van der Waals surface area contributed by atoms with Gasteiger partial charge in [-0.25, -0.2) is 0 Å². The molecule has 0 aliphatic rings. The van der Waals surface area contributed by atoms with Gasteiger partial charge in [-0.05, 0) is 50.1 Å². The van der Waals surface area contributed by atoms with E-state index in [1.54, 1.807) is 19.1 Å². The normalized spacial score (nSPS) is 12.2. The van der Waals surface area contributed by atoms with Crippen LogP contribution in [-0.2, 0) is 0 Å².